The predicted octanol–water partition coefficient (Wildman–Crippen LogP) is 3.08. The molecule has 2 aliphatic rings. The van der Waals surface area contributed by atoms with Crippen molar-refractivity contribution in [2.45, 2.75) is 19.3 Å². The second-order valence-electron chi connectivity index (χ2n) is 5.97. The molecule has 0 atom stereocenters. The molecule has 20 heavy (non-hydrogen) atoms. The Morgan fingerprint density at radius 2 is 1.55 bits per heavy atom. The van der Waals surface area contributed by atoms with Crippen LogP contribution in [0.3, 0.4) is 0 Å². The summed E-state index contributed by atoms with van der Waals surface area (Å²) in [6, 6.07) is 6.53. The van der Waals surface area contributed by atoms with Crippen molar-refractivity contribution in [2.24, 2.45) is 0 Å². The summed E-state index contributed by atoms with van der Waals surface area (Å²) in [4.78, 5) is 7.30. The fraction of sp³-hybridized carbons (Fsp3) is 0.625. The molecule has 0 bridgehead atoms. The molecule has 0 aromatic heterocycles. The molecule has 2 heterocycles. The number of halogens is 1. The molecule has 0 aliphatic carbocycles. The number of hydrogen-bond acceptors (Lipinski definition) is 3. The van der Waals surface area contributed by atoms with E-state index in [2.05, 4.69) is 39.9 Å². The molecule has 1 aromatic rings. The van der Waals surface area contributed by atoms with Gasteiger partial charge in [-0.05, 0) is 44.5 Å². The molecular formula is C16H24ClN3. The van der Waals surface area contributed by atoms with Crippen LogP contribution in [0.4, 0.5) is 11.4 Å². The number of anilines is 2. The van der Waals surface area contributed by atoms with Gasteiger partial charge in [0, 0.05) is 45.0 Å². The van der Waals surface area contributed by atoms with Crippen LogP contribution in [0.25, 0.3) is 0 Å². The average molecular weight is 294 g/mol. The van der Waals surface area contributed by atoms with Gasteiger partial charge in [-0.15, -0.1) is 0 Å². The molecule has 110 valence electrons. The van der Waals surface area contributed by atoms with E-state index in [9.17, 15) is 0 Å². The predicted molar refractivity (Wildman–Crippen MR) is 87.2 cm³/mol. The maximum Gasteiger partial charge on any atom is 0.0641 e. The summed E-state index contributed by atoms with van der Waals surface area (Å²) in [6.45, 7) is 6.74. The minimum atomic E-state index is 0.885. The van der Waals surface area contributed by atoms with Crippen molar-refractivity contribution in [2.75, 3.05) is 56.1 Å². The molecule has 2 aliphatic heterocycles. The fourth-order valence-electron chi connectivity index (χ4n) is 3.14. The molecule has 0 N–H and O–H groups in total. The third-order valence-electron chi connectivity index (χ3n) is 4.49. The maximum atomic E-state index is 6.43. The van der Waals surface area contributed by atoms with E-state index in [0.29, 0.717) is 0 Å². The summed E-state index contributed by atoms with van der Waals surface area (Å²) in [7, 11) is 2.18. The smallest absolute Gasteiger partial charge is 0.0641 e. The largest absolute Gasteiger partial charge is 0.371 e. The highest BCUT2D eigenvalue weighted by Crippen LogP contribution is 2.32. The van der Waals surface area contributed by atoms with Crippen LogP contribution in [0.5, 0.6) is 0 Å². The highest BCUT2D eigenvalue weighted by molar-refractivity contribution is 6.33. The number of piperidine rings is 1. The van der Waals surface area contributed by atoms with Crippen molar-refractivity contribution in [3.8, 4) is 0 Å². The lowest BCUT2D eigenvalue weighted by Gasteiger charge is -2.36. The zero-order valence-corrected chi connectivity index (χ0v) is 13.1. The third-order valence-corrected chi connectivity index (χ3v) is 4.81. The van der Waals surface area contributed by atoms with Crippen LogP contribution in [0.2, 0.25) is 5.02 Å². The van der Waals surface area contributed by atoms with Gasteiger partial charge in [0.1, 0.15) is 0 Å². The maximum absolute atomic E-state index is 6.43. The Balaban J connectivity index is 1.79. The van der Waals surface area contributed by atoms with E-state index in [1.54, 1.807) is 0 Å². The summed E-state index contributed by atoms with van der Waals surface area (Å²) >= 11 is 6.43. The Hall–Kier alpha value is -0.930. The molecule has 3 nitrogen and oxygen atoms in total. The summed E-state index contributed by atoms with van der Waals surface area (Å²) in [5.41, 5.74) is 2.55. The number of piperazine rings is 1. The topological polar surface area (TPSA) is 9.72 Å². The van der Waals surface area contributed by atoms with Crippen LogP contribution in [0.15, 0.2) is 18.2 Å². The quantitative estimate of drug-likeness (QED) is 0.830. The molecule has 0 spiro atoms. The van der Waals surface area contributed by atoms with Gasteiger partial charge in [0.2, 0.25) is 0 Å². The summed E-state index contributed by atoms with van der Waals surface area (Å²) in [5, 5.41) is 0.885. The van der Waals surface area contributed by atoms with Crippen LogP contribution in [-0.2, 0) is 0 Å². The van der Waals surface area contributed by atoms with E-state index in [4.69, 9.17) is 11.6 Å². The van der Waals surface area contributed by atoms with Gasteiger partial charge in [0.15, 0.2) is 0 Å². The molecule has 0 saturated carbocycles. The zero-order valence-electron chi connectivity index (χ0n) is 12.3. The van der Waals surface area contributed by atoms with Gasteiger partial charge >= 0.3 is 0 Å². The van der Waals surface area contributed by atoms with Crippen molar-refractivity contribution < 1.29 is 0 Å². The van der Waals surface area contributed by atoms with Crippen molar-refractivity contribution in [3.05, 3.63) is 23.2 Å². The van der Waals surface area contributed by atoms with Crippen LogP contribution in [-0.4, -0.2) is 51.2 Å². The molecule has 0 unspecified atom stereocenters. The normalized spacial score (nSPS) is 21.3. The molecule has 2 saturated heterocycles. The number of nitrogens with zero attached hydrogens (tertiary/aromatic N) is 3. The Bertz CT molecular complexity index is 449. The summed E-state index contributed by atoms with van der Waals surface area (Å²) in [6.07, 6.45) is 3.99. The molecule has 0 amide bonds. The van der Waals surface area contributed by atoms with Crippen molar-refractivity contribution in [3.63, 3.8) is 0 Å². The molecular weight excluding hydrogens is 270 g/mol. The van der Waals surface area contributed by atoms with E-state index >= 15 is 0 Å². The average Bonchev–Trinajstić information content (AvgIpc) is 2.50. The van der Waals surface area contributed by atoms with Gasteiger partial charge in [0.05, 0.1) is 10.7 Å². The van der Waals surface area contributed by atoms with Crippen molar-refractivity contribution >= 4 is 23.0 Å². The lowest BCUT2D eigenvalue weighted by atomic mass is 10.1. The van der Waals surface area contributed by atoms with Gasteiger partial charge in [0.25, 0.3) is 0 Å². The Morgan fingerprint density at radius 1 is 0.850 bits per heavy atom. The highest BCUT2D eigenvalue weighted by atomic mass is 35.5. The standard InChI is InChI=1S/C16H24ClN3/c1-18-9-11-20(12-10-18)16-13-14(5-6-15(16)17)19-7-3-2-4-8-19/h5-6,13H,2-4,7-12H2,1H3. The first-order chi connectivity index (χ1) is 9.74. The fourth-order valence-corrected chi connectivity index (χ4v) is 3.38. The monoisotopic (exact) mass is 293 g/mol. The zero-order chi connectivity index (χ0) is 13.9. The molecule has 4 heteroatoms. The minimum absolute atomic E-state index is 0.885. The van der Waals surface area contributed by atoms with Gasteiger partial charge in [-0.2, -0.15) is 0 Å². The molecule has 2 fully saturated rings. The number of rotatable bonds is 2. The van der Waals surface area contributed by atoms with Crippen molar-refractivity contribution in [1.29, 1.82) is 0 Å². The Kier molecular flexibility index (Phi) is 4.37. The van der Waals surface area contributed by atoms with E-state index in [1.165, 1.54) is 43.7 Å². The second-order valence-corrected chi connectivity index (χ2v) is 6.38. The van der Waals surface area contributed by atoms with Crippen molar-refractivity contribution in [1.82, 2.24) is 4.90 Å². The van der Waals surface area contributed by atoms with Gasteiger partial charge < -0.3 is 14.7 Å². The number of likely N-dealkylation sites (N-methyl/N-ethyl adjacent to an activating group) is 1. The van der Waals surface area contributed by atoms with Crippen LogP contribution < -0.4 is 9.80 Å². The summed E-state index contributed by atoms with van der Waals surface area (Å²) in [5.74, 6) is 0. The minimum Gasteiger partial charge on any atom is -0.371 e. The summed E-state index contributed by atoms with van der Waals surface area (Å²) < 4.78 is 0. The number of hydrogen-bond donors (Lipinski definition) is 0. The first-order valence-corrected chi connectivity index (χ1v) is 8.10. The van der Waals surface area contributed by atoms with E-state index in [-0.39, 0.29) is 0 Å². The van der Waals surface area contributed by atoms with Crippen LogP contribution in [0, 0.1) is 0 Å². The first-order valence-electron chi connectivity index (χ1n) is 7.72. The van der Waals surface area contributed by atoms with E-state index in [0.717, 1.165) is 31.2 Å². The Morgan fingerprint density at radius 3 is 2.25 bits per heavy atom. The SMILES string of the molecule is CN1CCN(c2cc(N3CCCCC3)ccc2Cl)CC1. The first kappa shape index (κ1) is 14.0. The lowest BCUT2D eigenvalue weighted by molar-refractivity contribution is 0.313. The lowest BCUT2D eigenvalue weighted by Crippen LogP contribution is -2.44. The van der Waals surface area contributed by atoms with Crippen LogP contribution >= 0.6 is 11.6 Å². The molecule has 3 rings (SSSR count). The number of benzene rings is 1. The van der Waals surface area contributed by atoms with Gasteiger partial charge in [-0.25, -0.2) is 0 Å². The molecule has 0 radical (unpaired) electrons. The Labute approximate surface area is 127 Å². The van der Waals surface area contributed by atoms with Gasteiger partial charge in [-0.3, -0.25) is 0 Å². The van der Waals surface area contributed by atoms with Gasteiger partial charge in [-0.1, -0.05) is 11.6 Å². The second kappa shape index (κ2) is 6.23. The highest BCUT2D eigenvalue weighted by Gasteiger charge is 2.18. The molecule has 1 aromatic carbocycles. The van der Waals surface area contributed by atoms with Crippen LogP contribution in [0.1, 0.15) is 19.3 Å². The van der Waals surface area contributed by atoms with E-state index in [1.807, 2.05) is 0 Å². The van der Waals surface area contributed by atoms with E-state index < -0.39 is 0 Å². The third kappa shape index (κ3) is 3.04.